The number of rotatable bonds is 10. The lowest BCUT2D eigenvalue weighted by molar-refractivity contribution is -0.385. The van der Waals surface area contributed by atoms with E-state index in [9.17, 15) is 10.1 Å². The van der Waals surface area contributed by atoms with Crippen LogP contribution in [0.1, 0.15) is 51.5 Å². The number of unbranched alkanes of at least 4 members (excludes halogenated alkanes) is 3. The lowest BCUT2D eigenvalue weighted by Crippen LogP contribution is -2.16. The van der Waals surface area contributed by atoms with Crippen LogP contribution in [0.15, 0.2) is 18.2 Å². The number of halogens is 1. The Bertz CT molecular complexity index is 450. The minimum Gasteiger partial charge on any atom is -0.312 e. The van der Waals surface area contributed by atoms with E-state index in [2.05, 4.69) is 19.2 Å². The molecule has 1 N–H and O–H groups in total. The van der Waals surface area contributed by atoms with Crippen LogP contribution in [0.2, 0.25) is 5.02 Å². The maximum atomic E-state index is 11.0. The predicted molar refractivity (Wildman–Crippen MR) is 87.7 cm³/mol. The molecule has 0 saturated heterocycles. The van der Waals surface area contributed by atoms with Crippen LogP contribution in [-0.4, -0.2) is 11.5 Å². The third kappa shape index (κ3) is 6.91. The molecule has 0 aliphatic heterocycles. The van der Waals surface area contributed by atoms with Crippen LogP contribution in [0.5, 0.6) is 0 Å². The summed E-state index contributed by atoms with van der Waals surface area (Å²) in [5.41, 5.74) is 0.663. The van der Waals surface area contributed by atoms with Crippen molar-refractivity contribution in [2.75, 3.05) is 6.54 Å². The van der Waals surface area contributed by atoms with Gasteiger partial charge in [0, 0.05) is 12.6 Å². The zero-order chi connectivity index (χ0) is 15.7. The average molecular weight is 313 g/mol. The van der Waals surface area contributed by atoms with E-state index in [1.807, 2.05) is 0 Å². The lowest BCUT2D eigenvalue weighted by atomic mass is 10.0. The van der Waals surface area contributed by atoms with Crippen molar-refractivity contribution in [3.8, 4) is 0 Å². The molecule has 0 atom stereocenters. The first-order valence-electron chi connectivity index (χ1n) is 7.65. The molecule has 4 nitrogen and oxygen atoms in total. The Morgan fingerprint density at radius 1 is 1.24 bits per heavy atom. The molecule has 1 rings (SSSR count). The van der Waals surface area contributed by atoms with E-state index in [0.29, 0.717) is 17.1 Å². The summed E-state index contributed by atoms with van der Waals surface area (Å²) in [7, 11) is 0. The molecule has 1 aromatic rings. The highest BCUT2D eigenvalue weighted by molar-refractivity contribution is 6.31. The summed E-state index contributed by atoms with van der Waals surface area (Å²) in [5.74, 6) is 0.781. The second-order valence-corrected chi connectivity index (χ2v) is 6.18. The topological polar surface area (TPSA) is 55.2 Å². The summed E-state index contributed by atoms with van der Waals surface area (Å²) < 4.78 is 0. The standard InChI is InChI=1S/C16H25ClN2O2/c1-13(2)8-5-3-4-6-11-18-12-14-15(17)9-7-10-16(14)19(20)21/h7,9-10,13,18H,3-6,8,11-12H2,1-2H3. The van der Waals surface area contributed by atoms with Crippen LogP contribution in [0.3, 0.4) is 0 Å². The fourth-order valence-corrected chi connectivity index (χ4v) is 2.50. The monoisotopic (exact) mass is 312 g/mol. The van der Waals surface area contributed by atoms with Crippen LogP contribution in [0.4, 0.5) is 5.69 Å². The normalized spacial score (nSPS) is 11.0. The lowest BCUT2D eigenvalue weighted by Gasteiger charge is -2.08. The molecule has 0 radical (unpaired) electrons. The van der Waals surface area contributed by atoms with Gasteiger partial charge in [-0.2, -0.15) is 0 Å². The third-order valence-electron chi connectivity index (χ3n) is 3.48. The first-order valence-corrected chi connectivity index (χ1v) is 8.02. The van der Waals surface area contributed by atoms with Gasteiger partial charge in [-0.3, -0.25) is 10.1 Å². The summed E-state index contributed by atoms with van der Waals surface area (Å²) >= 11 is 6.04. The largest absolute Gasteiger partial charge is 0.312 e. The van der Waals surface area contributed by atoms with E-state index >= 15 is 0 Å². The van der Waals surface area contributed by atoms with Crippen LogP contribution < -0.4 is 5.32 Å². The van der Waals surface area contributed by atoms with Gasteiger partial charge in [0.25, 0.3) is 5.69 Å². The summed E-state index contributed by atoms with van der Waals surface area (Å²) in [6.45, 7) is 5.81. The molecule has 0 bridgehead atoms. The van der Waals surface area contributed by atoms with Gasteiger partial charge in [-0.25, -0.2) is 0 Å². The SMILES string of the molecule is CC(C)CCCCCCNCc1c(Cl)cccc1[N+](=O)[O-]. The van der Waals surface area contributed by atoms with Crippen LogP contribution in [0.25, 0.3) is 0 Å². The minimum atomic E-state index is -0.380. The van der Waals surface area contributed by atoms with Gasteiger partial charge in [0.15, 0.2) is 0 Å². The van der Waals surface area contributed by atoms with Gasteiger partial charge in [-0.15, -0.1) is 0 Å². The van der Waals surface area contributed by atoms with E-state index in [0.717, 1.165) is 18.9 Å². The van der Waals surface area contributed by atoms with Crippen LogP contribution >= 0.6 is 11.6 Å². The molecule has 1 aromatic carbocycles. The van der Waals surface area contributed by atoms with Crippen molar-refractivity contribution in [1.29, 1.82) is 0 Å². The van der Waals surface area contributed by atoms with Gasteiger partial charge in [-0.1, -0.05) is 57.2 Å². The van der Waals surface area contributed by atoms with E-state index < -0.39 is 0 Å². The van der Waals surface area contributed by atoms with Crippen molar-refractivity contribution < 1.29 is 4.92 Å². The molecule has 0 fully saturated rings. The fourth-order valence-electron chi connectivity index (χ4n) is 2.26. The molecule has 0 aliphatic rings. The zero-order valence-electron chi connectivity index (χ0n) is 12.9. The Hall–Kier alpha value is -1.13. The Morgan fingerprint density at radius 2 is 1.95 bits per heavy atom. The maximum absolute atomic E-state index is 11.0. The number of nitrogens with zero attached hydrogens (tertiary/aromatic N) is 1. The summed E-state index contributed by atoms with van der Waals surface area (Å²) in [5, 5.41) is 14.7. The smallest absolute Gasteiger partial charge is 0.275 e. The van der Waals surface area contributed by atoms with E-state index in [4.69, 9.17) is 11.6 Å². The van der Waals surface area contributed by atoms with E-state index in [1.165, 1.54) is 31.7 Å². The minimum absolute atomic E-state index is 0.0898. The van der Waals surface area contributed by atoms with Gasteiger partial charge in [-0.05, 0) is 24.9 Å². The molecule has 5 heteroatoms. The Balaban J connectivity index is 2.26. The molecular weight excluding hydrogens is 288 g/mol. The first kappa shape index (κ1) is 17.9. The zero-order valence-corrected chi connectivity index (χ0v) is 13.7. The number of hydrogen-bond donors (Lipinski definition) is 1. The van der Waals surface area contributed by atoms with Crippen molar-refractivity contribution in [2.45, 2.75) is 52.5 Å². The first-order chi connectivity index (χ1) is 10.0. The highest BCUT2D eigenvalue weighted by Gasteiger charge is 2.15. The third-order valence-corrected chi connectivity index (χ3v) is 3.83. The van der Waals surface area contributed by atoms with Crippen molar-refractivity contribution >= 4 is 17.3 Å². The molecule has 21 heavy (non-hydrogen) atoms. The molecule has 0 aromatic heterocycles. The molecule has 0 amide bonds. The van der Waals surface area contributed by atoms with E-state index in [-0.39, 0.29) is 10.6 Å². The Morgan fingerprint density at radius 3 is 2.62 bits per heavy atom. The van der Waals surface area contributed by atoms with Gasteiger partial charge in [0.2, 0.25) is 0 Å². The highest BCUT2D eigenvalue weighted by Crippen LogP contribution is 2.25. The number of nitro groups is 1. The number of nitrogens with one attached hydrogen (secondary N) is 1. The number of hydrogen-bond acceptors (Lipinski definition) is 3. The van der Waals surface area contributed by atoms with E-state index in [1.54, 1.807) is 12.1 Å². The summed E-state index contributed by atoms with van der Waals surface area (Å²) in [6, 6.07) is 4.80. The molecule has 0 heterocycles. The average Bonchev–Trinajstić information content (AvgIpc) is 2.42. The molecule has 0 unspecified atom stereocenters. The van der Waals surface area contributed by atoms with Crippen molar-refractivity contribution in [3.05, 3.63) is 38.9 Å². The van der Waals surface area contributed by atoms with Gasteiger partial charge in [0.1, 0.15) is 0 Å². The highest BCUT2D eigenvalue weighted by atomic mass is 35.5. The van der Waals surface area contributed by atoms with Crippen LogP contribution in [0, 0.1) is 16.0 Å². The van der Waals surface area contributed by atoms with Gasteiger partial charge in [0.05, 0.1) is 15.5 Å². The van der Waals surface area contributed by atoms with Gasteiger partial charge >= 0.3 is 0 Å². The maximum Gasteiger partial charge on any atom is 0.275 e. The quantitative estimate of drug-likeness (QED) is 0.378. The summed E-state index contributed by atoms with van der Waals surface area (Å²) in [6.07, 6.45) is 6.12. The molecular formula is C16H25ClN2O2. The van der Waals surface area contributed by atoms with Crippen molar-refractivity contribution in [3.63, 3.8) is 0 Å². The molecule has 0 saturated carbocycles. The van der Waals surface area contributed by atoms with Crippen molar-refractivity contribution in [1.82, 2.24) is 5.32 Å². The number of nitro benzene ring substituents is 1. The second-order valence-electron chi connectivity index (χ2n) is 5.77. The fraction of sp³-hybridized carbons (Fsp3) is 0.625. The van der Waals surface area contributed by atoms with Gasteiger partial charge < -0.3 is 5.32 Å². The van der Waals surface area contributed by atoms with Crippen LogP contribution in [-0.2, 0) is 6.54 Å². The molecule has 118 valence electrons. The molecule has 0 spiro atoms. The molecule has 0 aliphatic carbocycles. The predicted octanol–water partition coefficient (Wildman–Crippen LogP) is 4.94. The summed E-state index contributed by atoms with van der Waals surface area (Å²) in [4.78, 5) is 10.6. The Labute approximate surface area is 132 Å². The Kier molecular flexibility index (Phi) is 8.31. The second kappa shape index (κ2) is 9.74. The van der Waals surface area contributed by atoms with Crippen molar-refractivity contribution in [2.24, 2.45) is 5.92 Å². The number of benzene rings is 1.